The molecule has 4 nitrogen and oxygen atoms in total. The maximum absolute atomic E-state index is 10.2. The second kappa shape index (κ2) is 4.50. The van der Waals surface area contributed by atoms with Crippen LogP contribution < -0.4 is 11.5 Å². The van der Waals surface area contributed by atoms with Crippen molar-refractivity contribution in [1.29, 1.82) is 0 Å². The molecule has 1 atom stereocenters. The quantitative estimate of drug-likeness (QED) is 0.562. The molecular formula is C10H14N2O2. The van der Waals surface area contributed by atoms with Crippen molar-refractivity contribution in [3.8, 4) is 0 Å². The average Bonchev–Trinajstić information content (AvgIpc) is 2.12. The van der Waals surface area contributed by atoms with Crippen molar-refractivity contribution in [1.82, 2.24) is 0 Å². The summed E-state index contributed by atoms with van der Waals surface area (Å²) in [5.74, 6) is 0. The Labute approximate surface area is 82.8 Å². The van der Waals surface area contributed by atoms with E-state index in [2.05, 4.69) is 0 Å². The van der Waals surface area contributed by atoms with E-state index in [4.69, 9.17) is 16.2 Å². The Morgan fingerprint density at radius 2 is 1.93 bits per heavy atom. The van der Waals surface area contributed by atoms with Gasteiger partial charge in [-0.2, -0.15) is 0 Å². The minimum Gasteiger partial charge on any atom is -0.460 e. The Morgan fingerprint density at radius 3 is 2.36 bits per heavy atom. The highest BCUT2D eigenvalue weighted by molar-refractivity contribution is 5.55. The smallest absolute Gasteiger partial charge is 0.293 e. The van der Waals surface area contributed by atoms with Crippen molar-refractivity contribution >= 4 is 17.8 Å². The van der Waals surface area contributed by atoms with Crippen LogP contribution in [0.2, 0.25) is 0 Å². The summed E-state index contributed by atoms with van der Waals surface area (Å²) in [6, 6.07) is 5.18. The van der Waals surface area contributed by atoms with Crippen LogP contribution in [0.25, 0.3) is 0 Å². The Morgan fingerprint density at radius 1 is 1.36 bits per heavy atom. The van der Waals surface area contributed by atoms with Crippen LogP contribution in [-0.2, 0) is 9.53 Å². The van der Waals surface area contributed by atoms with E-state index in [0.29, 0.717) is 24.3 Å². The summed E-state index contributed by atoms with van der Waals surface area (Å²) in [4.78, 5) is 10.2. The van der Waals surface area contributed by atoms with Crippen LogP contribution in [0.5, 0.6) is 0 Å². The molecule has 0 aromatic heterocycles. The molecular weight excluding hydrogens is 180 g/mol. The maximum atomic E-state index is 10.2. The van der Waals surface area contributed by atoms with Gasteiger partial charge in [-0.3, -0.25) is 4.79 Å². The van der Waals surface area contributed by atoms with E-state index in [9.17, 15) is 4.79 Å². The number of nitrogens with two attached hydrogens (primary N) is 2. The predicted molar refractivity (Wildman–Crippen MR) is 55.4 cm³/mol. The largest absolute Gasteiger partial charge is 0.460 e. The normalized spacial score (nSPS) is 12.1. The molecule has 1 aromatic rings. The van der Waals surface area contributed by atoms with E-state index < -0.39 is 0 Å². The molecule has 0 aliphatic rings. The van der Waals surface area contributed by atoms with E-state index in [1.54, 1.807) is 18.2 Å². The summed E-state index contributed by atoms with van der Waals surface area (Å²) < 4.78 is 4.90. The minimum atomic E-state index is -0.265. The number of carbonyl (C=O) groups excluding carboxylic acids is 1. The fourth-order valence-electron chi connectivity index (χ4n) is 1.37. The van der Waals surface area contributed by atoms with Gasteiger partial charge in [0, 0.05) is 11.4 Å². The lowest BCUT2D eigenvalue weighted by molar-refractivity contribution is -0.134. The topological polar surface area (TPSA) is 78.3 Å². The summed E-state index contributed by atoms with van der Waals surface area (Å²) in [7, 11) is 0. The summed E-state index contributed by atoms with van der Waals surface area (Å²) in [6.07, 6.45) is 0.431. The standard InChI is InChI=1S/C10H14N2O2/c1-2-10(14-6-13)7-3-8(11)5-9(12)4-7/h3-6,10H,2,11-12H2,1H3. The first-order valence-electron chi connectivity index (χ1n) is 4.42. The van der Waals surface area contributed by atoms with E-state index in [1.807, 2.05) is 6.92 Å². The number of hydrogen-bond donors (Lipinski definition) is 2. The van der Waals surface area contributed by atoms with Gasteiger partial charge in [-0.15, -0.1) is 0 Å². The van der Waals surface area contributed by atoms with Gasteiger partial charge in [-0.25, -0.2) is 0 Å². The number of hydrogen-bond acceptors (Lipinski definition) is 4. The molecule has 14 heavy (non-hydrogen) atoms. The maximum Gasteiger partial charge on any atom is 0.293 e. The second-order valence-corrected chi connectivity index (χ2v) is 3.06. The lowest BCUT2D eigenvalue weighted by Crippen LogP contribution is -2.03. The third-order valence-electron chi connectivity index (χ3n) is 1.96. The van der Waals surface area contributed by atoms with Gasteiger partial charge in [-0.05, 0) is 30.2 Å². The Hall–Kier alpha value is -1.71. The molecule has 1 aromatic carbocycles. The van der Waals surface area contributed by atoms with Gasteiger partial charge < -0.3 is 16.2 Å². The molecule has 1 unspecified atom stereocenters. The lowest BCUT2D eigenvalue weighted by Gasteiger charge is -2.14. The highest BCUT2D eigenvalue weighted by Crippen LogP contribution is 2.24. The zero-order valence-electron chi connectivity index (χ0n) is 8.07. The molecule has 0 amide bonds. The molecule has 76 valence electrons. The van der Waals surface area contributed by atoms with Crippen molar-refractivity contribution in [2.45, 2.75) is 19.4 Å². The van der Waals surface area contributed by atoms with E-state index in [-0.39, 0.29) is 6.10 Å². The zero-order valence-corrected chi connectivity index (χ0v) is 8.07. The molecule has 0 spiro atoms. The van der Waals surface area contributed by atoms with Gasteiger partial charge in [0.1, 0.15) is 6.10 Å². The van der Waals surface area contributed by atoms with Crippen LogP contribution in [0.1, 0.15) is 25.0 Å². The van der Waals surface area contributed by atoms with E-state index >= 15 is 0 Å². The first kappa shape index (κ1) is 10.4. The Kier molecular flexibility index (Phi) is 3.34. The molecule has 4 heteroatoms. The Balaban J connectivity index is 2.96. The molecule has 0 radical (unpaired) electrons. The molecule has 0 aliphatic carbocycles. The second-order valence-electron chi connectivity index (χ2n) is 3.06. The average molecular weight is 194 g/mol. The molecule has 1 rings (SSSR count). The lowest BCUT2D eigenvalue weighted by atomic mass is 10.1. The van der Waals surface area contributed by atoms with Crippen LogP contribution >= 0.6 is 0 Å². The molecule has 0 bridgehead atoms. The summed E-state index contributed by atoms with van der Waals surface area (Å²) >= 11 is 0. The van der Waals surface area contributed by atoms with Gasteiger partial charge in [0.2, 0.25) is 0 Å². The van der Waals surface area contributed by atoms with E-state index in [0.717, 1.165) is 5.56 Å². The highest BCUT2D eigenvalue weighted by atomic mass is 16.5. The number of rotatable bonds is 4. The fourth-order valence-corrected chi connectivity index (χ4v) is 1.37. The summed E-state index contributed by atoms with van der Waals surface area (Å²) in [6.45, 7) is 2.36. The predicted octanol–water partition coefficient (Wildman–Crippen LogP) is 1.48. The van der Waals surface area contributed by atoms with Gasteiger partial charge in [0.15, 0.2) is 0 Å². The van der Waals surface area contributed by atoms with Crippen molar-refractivity contribution < 1.29 is 9.53 Å². The van der Waals surface area contributed by atoms with Crippen LogP contribution in [0.15, 0.2) is 18.2 Å². The first-order chi connectivity index (χ1) is 6.67. The third-order valence-corrected chi connectivity index (χ3v) is 1.96. The van der Waals surface area contributed by atoms with Gasteiger partial charge in [-0.1, -0.05) is 6.92 Å². The van der Waals surface area contributed by atoms with Gasteiger partial charge in [0.25, 0.3) is 6.47 Å². The number of ether oxygens (including phenoxy) is 1. The fraction of sp³-hybridized carbons (Fsp3) is 0.300. The van der Waals surface area contributed by atoms with Gasteiger partial charge >= 0.3 is 0 Å². The molecule has 0 fully saturated rings. The minimum absolute atomic E-state index is 0.265. The van der Waals surface area contributed by atoms with Crippen LogP contribution in [-0.4, -0.2) is 6.47 Å². The van der Waals surface area contributed by atoms with Crippen LogP contribution in [0.3, 0.4) is 0 Å². The first-order valence-corrected chi connectivity index (χ1v) is 4.42. The van der Waals surface area contributed by atoms with Crippen molar-refractivity contribution in [3.63, 3.8) is 0 Å². The van der Waals surface area contributed by atoms with Gasteiger partial charge in [0.05, 0.1) is 0 Å². The number of carbonyl (C=O) groups is 1. The van der Waals surface area contributed by atoms with Crippen molar-refractivity contribution in [2.75, 3.05) is 11.5 Å². The number of anilines is 2. The Bertz CT molecular complexity index is 306. The van der Waals surface area contributed by atoms with Crippen molar-refractivity contribution in [3.05, 3.63) is 23.8 Å². The van der Waals surface area contributed by atoms with Crippen LogP contribution in [0.4, 0.5) is 11.4 Å². The monoisotopic (exact) mass is 194 g/mol. The molecule has 0 aliphatic heterocycles. The molecule has 0 heterocycles. The summed E-state index contributed by atoms with van der Waals surface area (Å²) in [5, 5.41) is 0. The summed E-state index contributed by atoms with van der Waals surface area (Å²) in [5.41, 5.74) is 13.2. The van der Waals surface area contributed by atoms with E-state index in [1.165, 1.54) is 0 Å². The molecule has 0 saturated carbocycles. The third kappa shape index (κ3) is 2.39. The molecule has 4 N–H and O–H groups in total. The zero-order chi connectivity index (χ0) is 10.6. The highest BCUT2D eigenvalue weighted by Gasteiger charge is 2.10. The van der Waals surface area contributed by atoms with Crippen LogP contribution in [0, 0.1) is 0 Å². The molecule has 0 saturated heterocycles. The number of benzene rings is 1. The van der Waals surface area contributed by atoms with Crippen molar-refractivity contribution in [2.24, 2.45) is 0 Å². The SMILES string of the molecule is CCC(OC=O)c1cc(N)cc(N)c1. The number of nitrogen functional groups attached to an aromatic ring is 2.